The van der Waals surface area contributed by atoms with Crippen molar-refractivity contribution in [1.29, 1.82) is 0 Å². The zero-order valence-electron chi connectivity index (χ0n) is 21.3. The first-order chi connectivity index (χ1) is 18.9. The van der Waals surface area contributed by atoms with Gasteiger partial charge in [-0.2, -0.15) is 0 Å². The third-order valence-corrected chi connectivity index (χ3v) is 10.1. The largest absolute Gasteiger partial charge is 0.385 e. The summed E-state index contributed by atoms with van der Waals surface area (Å²) in [4.78, 5) is 36.6. The van der Waals surface area contributed by atoms with Crippen LogP contribution in [0.15, 0.2) is 82.7 Å². The number of thioether (sulfide) groups is 1. The zero-order valence-corrected chi connectivity index (χ0v) is 24.5. The molecule has 0 unspecified atom stereocenters. The number of para-hydroxylation sites is 1. The number of aliphatic imine (C=N–C) groups is 1. The Morgan fingerprint density at radius 2 is 1.85 bits per heavy atom. The molecule has 0 spiro atoms. The number of fused-ring (bicyclic) bond motifs is 1. The van der Waals surface area contributed by atoms with Crippen LogP contribution in [0, 0.1) is 0 Å². The molecule has 0 aliphatic carbocycles. The lowest BCUT2D eigenvalue weighted by Gasteiger charge is -2.16. The fourth-order valence-electron chi connectivity index (χ4n) is 4.47. The number of carbonyl (C=O) groups excluding carboxylic acids is 1. The number of carbonyl (C=O) groups is 1. The van der Waals surface area contributed by atoms with Crippen molar-refractivity contribution in [3.8, 4) is 0 Å². The number of amidine groups is 1. The number of halogens is 1. The average Bonchev–Trinajstić information content (AvgIpc) is 3.54. The molecule has 1 amide bonds. The van der Waals surface area contributed by atoms with Gasteiger partial charge in [0.1, 0.15) is 19.6 Å². The van der Waals surface area contributed by atoms with E-state index in [2.05, 4.69) is 0 Å². The third-order valence-electron chi connectivity index (χ3n) is 6.44. The van der Waals surface area contributed by atoms with Gasteiger partial charge in [0.15, 0.2) is 0 Å². The number of hydrogen-bond acceptors (Lipinski definition) is 7. The number of allylic oxidation sites excluding steroid dienone is 2. The van der Waals surface area contributed by atoms with Gasteiger partial charge in [0.25, 0.3) is 16.6 Å². The van der Waals surface area contributed by atoms with Gasteiger partial charge in [-0.1, -0.05) is 35.9 Å². The fourth-order valence-corrected chi connectivity index (χ4v) is 8.25. The lowest BCUT2D eigenvalue weighted by Crippen LogP contribution is -2.35. The Labute approximate surface area is 241 Å². The number of hydrogen-bond donors (Lipinski definition) is 0. The van der Waals surface area contributed by atoms with Crippen molar-refractivity contribution in [3.63, 3.8) is 0 Å². The number of thiazole rings is 2. The normalized spacial score (nSPS) is 19.3. The van der Waals surface area contributed by atoms with Crippen molar-refractivity contribution in [3.05, 3.63) is 97.5 Å². The highest BCUT2D eigenvalue weighted by Crippen LogP contribution is 2.38. The summed E-state index contributed by atoms with van der Waals surface area (Å²) >= 11 is 10.4. The molecule has 39 heavy (non-hydrogen) atoms. The molecule has 1 saturated heterocycles. The van der Waals surface area contributed by atoms with Crippen molar-refractivity contribution in [1.82, 2.24) is 9.47 Å². The third kappa shape index (κ3) is 4.47. The van der Waals surface area contributed by atoms with Gasteiger partial charge < -0.3 is 4.90 Å². The highest BCUT2D eigenvalue weighted by molar-refractivity contribution is 8.23. The van der Waals surface area contributed by atoms with E-state index in [1.165, 1.54) is 34.4 Å². The molecule has 2 aromatic carbocycles. The summed E-state index contributed by atoms with van der Waals surface area (Å²) in [5.74, 6) is -0.204. The van der Waals surface area contributed by atoms with Crippen LogP contribution in [0.1, 0.15) is 6.92 Å². The van der Waals surface area contributed by atoms with Crippen LogP contribution in [0.25, 0.3) is 20.8 Å². The summed E-state index contributed by atoms with van der Waals surface area (Å²) < 4.78 is 5.92. The van der Waals surface area contributed by atoms with Crippen LogP contribution < -0.4 is 24.2 Å². The minimum atomic E-state index is -0.204. The Balaban J connectivity index is 1.59. The number of amides is 1. The summed E-state index contributed by atoms with van der Waals surface area (Å²) in [6, 6.07) is 15.2. The minimum Gasteiger partial charge on any atom is -0.350 e. The molecule has 6 rings (SSSR count). The molecule has 0 bridgehead atoms. The maximum absolute atomic E-state index is 14.1. The second kappa shape index (κ2) is 10.3. The molecule has 0 radical (unpaired) electrons. The van der Waals surface area contributed by atoms with Crippen molar-refractivity contribution >= 4 is 88.7 Å². The number of nitrogens with zero attached hydrogens (tertiary/aromatic N) is 5. The summed E-state index contributed by atoms with van der Waals surface area (Å²) in [6.45, 7) is 2.37. The molecule has 196 valence electrons. The van der Waals surface area contributed by atoms with Crippen LogP contribution in [0.5, 0.6) is 0 Å². The molecule has 11 heteroatoms. The van der Waals surface area contributed by atoms with E-state index in [4.69, 9.17) is 16.6 Å². The van der Waals surface area contributed by atoms with E-state index < -0.39 is 0 Å². The molecule has 1 fully saturated rings. The van der Waals surface area contributed by atoms with Crippen molar-refractivity contribution < 1.29 is 9.36 Å². The number of likely N-dealkylation sites (N-methyl/N-ethyl adjacent to an activating group) is 1. The molecule has 0 N–H and O–H groups in total. The standard InChI is InChI=1S/C28H23ClN5O2S3/c1-4-33-24(35)22(20-12-8-9-15-31(20)2)38-26(33)23-25(36)34(18-10-6-5-7-11-18)28(39-23)30-27-32(3)19-14-13-17(29)16-21(19)37-27/h5-16H,4H2,1-3H3/q+1. The minimum absolute atomic E-state index is 0.107. The van der Waals surface area contributed by atoms with Gasteiger partial charge in [-0.15, -0.1) is 11.3 Å². The Morgan fingerprint density at radius 3 is 2.59 bits per heavy atom. The molecule has 2 aromatic heterocycles. The van der Waals surface area contributed by atoms with Gasteiger partial charge in [0, 0.05) is 24.8 Å². The molecule has 0 atom stereocenters. The SMILES string of the molecule is CCn1c(=C2SC(=Nc3sc4cc(Cl)ccc4[n+]3C)N(c3ccccc3)C2=O)sc(=C2C=CC=CN2C)c1=O. The topological polar surface area (TPSA) is 61.8 Å². The Morgan fingerprint density at radius 1 is 1.05 bits per heavy atom. The van der Waals surface area contributed by atoms with Crippen LogP contribution in [-0.2, 0) is 18.4 Å². The molecule has 0 saturated carbocycles. The van der Waals surface area contributed by atoms with Crippen LogP contribution in [0.2, 0.25) is 5.02 Å². The fraction of sp³-hybridized carbons (Fsp3) is 0.143. The van der Waals surface area contributed by atoms with Gasteiger partial charge >= 0.3 is 5.13 Å². The molecular weight excluding hydrogens is 570 g/mol. The molecule has 7 nitrogen and oxygen atoms in total. The second-order valence-electron chi connectivity index (χ2n) is 8.84. The first-order valence-electron chi connectivity index (χ1n) is 12.2. The van der Waals surface area contributed by atoms with E-state index in [9.17, 15) is 9.59 Å². The highest BCUT2D eigenvalue weighted by Gasteiger charge is 2.40. The quantitative estimate of drug-likeness (QED) is 0.333. The van der Waals surface area contributed by atoms with Gasteiger partial charge in [-0.05, 0) is 77.5 Å². The van der Waals surface area contributed by atoms with Crippen molar-refractivity contribution in [2.75, 3.05) is 11.9 Å². The summed E-state index contributed by atoms with van der Waals surface area (Å²) in [7, 11) is 3.86. The molecule has 2 aliphatic heterocycles. The lowest BCUT2D eigenvalue weighted by atomic mass is 10.3. The Bertz CT molecular complexity index is 1920. The Kier molecular flexibility index (Phi) is 6.80. The van der Waals surface area contributed by atoms with Crippen LogP contribution in [0.4, 0.5) is 10.8 Å². The van der Waals surface area contributed by atoms with E-state index in [1.807, 2.05) is 103 Å². The molecular formula is C28H23ClN5O2S3+. The van der Waals surface area contributed by atoms with Gasteiger partial charge in [-0.3, -0.25) is 14.2 Å². The van der Waals surface area contributed by atoms with Gasteiger partial charge in [0.05, 0.1) is 23.1 Å². The maximum Gasteiger partial charge on any atom is 0.385 e. The lowest BCUT2D eigenvalue weighted by molar-refractivity contribution is -0.627. The first kappa shape index (κ1) is 25.8. The number of rotatable bonds is 3. The molecule has 2 aliphatic rings. The van der Waals surface area contributed by atoms with Crippen LogP contribution >= 0.6 is 46.0 Å². The number of aryl methyl sites for hydroxylation is 1. The molecule has 4 heterocycles. The smallest absolute Gasteiger partial charge is 0.350 e. The van der Waals surface area contributed by atoms with Crippen LogP contribution in [0.3, 0.4) is 0 Å². The van der Waals surface area contributed by atoms with Gasteiger partial charge in [0.2, 0.25) is 0 Å². The molecule has 4 aromatic rings. The second-order valence-corrected chi connectivity index (χ2v) is 12.3. The van der Waals surface area contributed by atoms with E-state index in [0.29, 0.717) is 36.5 Å². The number of anilines is 1. The van der Waals surface area contributed by atoms with E-state index in [1.54, 1.807) is 9.47 Å². The van der Waals surface area contributed by atoms with Crippen LogP contribution in [-0.4, -0.2) is 27.6 Å². The Hall–Kier alpha value is -3.44. The average molecular weight is 593 g/mol. The highest BCUT2D eigenvalue weighted by atomic mass is 35.5. The predicted molar refractivity (Wildman–Crippen MR) is 163 cm³/mol. The van der Waals surface area contributed by atoms with E-state index >= 15 is 0 Å². The summed E-state index contributed by atoms with van der Waals surface area (Å²) in [5, 5.41) is 1.93. The predicted octanol–water partition coefficient (Wildman–Crippen LogP) is 4.32. The first-order valence-corrected chi connectivity index (χ1v) is 15.0. The van der Waals surface area contributed by atoms with Crippen molar-refractivity contribution in [2.24, 2.45) is 12.0 Å². The number of benzene rings is 2. The summed E-state index contributed by atoms with van der Waals surface area (Å²) in [6.07, 6.45) is 7.66. The van der Waals surface area contributed by atoms with E-state index in [-0.39, 0.29) is 11.5 Å². The number of aromatic nitrogens is 2. The summed E-state index contributed by atoms with van der Waals surface area (Å²) in [5.41, 5.74) is 2.42. The van der Waals surface area contributed by atoms with Crippen molar-refractivity contribution in [2.45, 2.75) is 13.5 Å². The zero-order chi connectivity index (χ0) is 27.3. The van der Waals surface area contributed by atoms with Gasteiger partial charge in [-0.25, -0.2) is 9.47 Å². The maximum atomic E-state index is 14.1. The van der Waals surface area contributed by atoms with E-state index in [0.717, 1.165) is 21.0 Å². The monoisotopic (exact) mass is 592 g/mol.